The molecule has 22 heavy (non-hydrogen) atoms. The number of carbonyl (C=O) groups excluding carboxylic acids is 1. The van der Waals surface area contributed by atoms with E-state index in [1.165, 1.54) is 0 Å². The first kappa shape index (κ1) is 13.3. The number of anilines is 2. The summed E-state index contributed by atoms with van der Waals surface area (Å²) in [4.78, 5) is 14.0. The van der Waals surface area contributed by atoms with Crippen molar-refractivity contribution in [3.63, 3.8) is 0 Å². The van der Waals surface area contributed by atoms with Gasteiger partial charge in [-0.25, -0.2) is 0 Å². The normalized spacial score (nSPS) is 15.5. The van der Waals surface area contributed by atoms with Gasteiger partial charge in [0.25, 0.3) is 0 Å². The maximum absolute atomic E-state index is 12.3. The van der Waals surface area contributed by atoms with Gasteiger partial charge in [-0.2, -0.15) is 0 Å². The van der Waals surface area contributed by atoms with Gasteiger partial charge in [-0.05, 0) is 17.7 Å². The maximum atomic E-state index is 12.3. The Bertz CT molecular complexity index is 763. The van der Waals surface area contributed by atoms with Crippen LogP contribution >= 0.6 is 11.6 Å². The topological polar surface area (TPSA) is 50.8 Å². The summed E-state index contributed by atoms with van der Waals surface area (Å²) in [5.41, 5.74) is 2.64. The maximum Gasteiger partial charge on any atom is 0.246 e. The first-order valence-electron chi connectivity index (χ1n) is 6.93. The fraction of sp³-hybridized carbons (Fsp3) is 0.188. The van der Waals surface area contributed by atoms with Crippen molar-refractivity contribution in [3.8, 4) is 11.5 Å². The van der Waals surface area contributed by atoms with Crippen LogP contribution in [0.1, 0.15) is 5.56 Å². The highest BCUT2D eigenvalue weighted by molar-refractivity contribution is 6.30. The van der Waals surface area contributed by atoms with Gasteiger partial charge in [-0.15, -0.1) is 0 Å². The summed E-state index contributed by atoms with van der Waals surface area (Å²) in [6.07, 6.45) is 0. The van der Waals surface area contributed by atoms with Crippen molar-refractivity contribution in [2.24, 2.45) is 0 Å². The Morgan fingerprint density at radius 3 is 2.82 bits per heavy atom. The minimum atomic E-state index is 0.00587. The van der Waals surface area contributed by atoms with Gasteiger partial charge in [0.05, 0.1) is 24.5 Å². The van der Waals surface area contributed by atoms with Gasteiger partial charge < -0.3 is 19.7 Å². The van der Waals surface area contributed by atoms with E-state index in [9.17, 15) is 4.79 Å². The second-order valence-corrected chi connectivity index (χ2v) is 5.62. The summed E-state index contributed by atoms with van der Waals surface area (Å²) in [6.45, 7) is 0.932. The summed E-state index contributed by atoms with van der Waals surface area (Å²) in [6, 6.07) is 11.2. The number of rotatable bonds is 2. The highest BCUT2D eigenvalue weighted by Crippen LogP contribution is 2.42. The number of halogens is 1. The monoisotopic (exact) mass is 316 g/mol. The lowest BCUT2D eigenvalue weighted by atomic mass is 10.1. The molecule has 2 aromatic rings. The van der Waals surface area contributed by atoms with Gasteiger partial charge in [0.15, 0.2) is 11.5 Å². The lowest BCUT2D eigenvalue weighted by molar-refractivity contribution is -0.117. The van der Waals surface area contributed by atoms with E-state index in [1.54, 1.807) is 4.90 Å². The highest BCUT2D eigenvalue weighted by Gasteiger charge is 2.27. The van der Waals surface area contributed by atoms with E-state index in [2.05, 4.69) is 5.32 Å². The van der Waals surface area contributed by atoms with E-state index < -0.39 is 0 Å². The van der Waals surface area contributed by atoms with Crippen molar-refractivity contribution in [3.05, 3.63) is 47.0 Å². The molecule has 5 nitrogen and oxygen atoms in total. The number of hydrogen-bond acceptors (Lipinski definition) is 4. The van der Waals surface area contributed by atoms with E-state index in [4.69, 9.17) is 21.1 Å². The first-order chi connectivity index (χ1) is 10.7. The summed E-state index contributed by atoms with van der Waals surface area (Å²) in [7, 11) is 0. The third-order valence-corrected chi connectivity index (χ3v) is 3.98. The van der Waals surface area contributed by atoms with Crippen LogP contribution in [0, 0.1) is 0 Å². The van der Waals surface area contributed by atoms with E-state index in [0.717, 1.165) is 16.9 Å². The highest BCUT2D eigenvalue weighted by atomic mass is 35.5. The Morgan fingerprint density at radius 2 is 2.00 bits per heavy atom. The van der Waals surface area contributed by atoms with Gasteiger partial charge in [-0.3, -0.25) is 4.79 Å². The van der Waals surface area contributed by atoms with Crippen LogP contribution in [0.3, 0.4) is 0 Å². The average Bonchev–Trinajstić information content (AvgIpc) is 2.96. The summed E-state index contributed by atoms with van der Waals surface area (Å²) in [5, 5.41) is 3.77. The van der Waals surface area contributed by atoms with Crippen LogP contribution in [0.5, 0.6) is 11.5 Å². The Hall–Kier alpha value is -2.40. The molecular formula is C16H13ClN2O3. The summed E-state index contributed by atoms with van der Waals surface area (Å²) < 4.78 is 10.8. The first-order valence-corrected chi connectivity index (χ1v) is 7.31. The number of fused-ring (bicyclic) bond motifs is 2. The molecule has 2 aliphatic heterocycles. The van der Waals surface area contributed by atoms with E-state index in [1.807, 2.05) is 36.4 Å². The molecule has 0 unspecified atom stereocenters. The molecule has 0 aliphatic carbocycles. The van der Waals surface area contributed by atoms with Crippen molar-refractivity contribution >= 4 is 28.9 Å². The number of benzene rings is 2. The Kier molecular flexibility index (Phi) is 3.08. The summed E-state index contributed by atoms with van der Waals surface area (Å²) in [5.74, 6) is 1.36. The van der Waals surface area contributed by atoms with Crippen molar-refractivity contribution in [1.82, 2.24) is 0 Å². The number of nitrogens with one attached hydrogen (secondary N) is 1. The number of amides is 1. The van der Waals surface area contributed by atoms with Crippen molar-refractivity contribution < 1.29 is 14.3 Å². The Labute approximate surface area is 132 Å². The van der Waals surface area contributed by atoms with Crippen LogP contribution in [0.2, 0.25) is 5.02 Å². The SMILES string of the molecule is O=C1CNc2cc3c(cc2N1Cc1cccc(Cl)c1)OCO3. The van der Waals surface area contributed by atoms with Crippen LogP contribution in [-0.4, -0.2) is 19.2 Å². The minimum absolute atomic E-state index is 0.00587. The molecule has 1 N–H and O–H groups in total. The number of ether oxygens (including phenoxy) is 2. The molecule has 0 fully saturated rings. The molecule has 1 amide bonds. The predicted octanol–water partition coefficient (Wildman–Crippen LogP) is 3.03. The second kappa shape index (κ2) is 5.10. The molecule has 2 aromatic carbocycles. The lowest BCUT2D eigenvalue weighted by Crippen LogP contribution is -2.39. The number of carbonyl (C=O) groups is 1. The fourth-order valence-corrected chi connectivity index (χ4v) is 2.90. The second-order valence-electron chi connectivity index (χ2n) is 5.19. The molecule has 0 spiro atoms. The van der Waals surface area contributed by atoms with Crippen LogP contribution in [0.25, 0.3) is 0 Å². The van der Waals surface area contributed by atoms with E-state index in [-0.39, 0.29) is 19.2 Å². The molecule has 0 aromatic heterocycles. The van der Waals surface area contributed by atoms with Crippen LogP contribution in [0.15, 0.2) is 36.4 Å². The molecule has 2 heterocycles. The summed E-state index contributed by atoms with van der Waals surface area (Å²) >= 11 is 6.02. The number of nitrogens with zero attached hydrogens (tertiary/aromatic N) is 1. The average molecular weight is 317 g/mol. The third kappa shape index (κ3) is 2.23. The van der Waals surface area contributed by atoms with E-state index >= 15 is 0 Å². The predicted molar refractivity (Wildman–Crippen MR) is 83.7 cm³/mol. The molecule has 0 radical (unpaired) electrons. The van der Waals surface area contributed by atoms with Gasteiger partial charge in [0.1, 0.15) is 0 Å². The number of hydrogen-bond donors (Lipinski definition) is 1. The molecule has 2 aliphatic rings. The standard InChI is InChI=1S/C16H13ClN2O3/c17-11-3-1-2-10(4-11)8-19-13-6-15-14(21-9-22-15)5-12(13)18-7-16(19)20/h1-6,18H,7-9H2. The van der Waals surface area contributed by atoms with Gasteiger partial charge in [-0.1, -0.05) is 23.7 Å². The smallest absolute Gasteiger partial charge is 0.246 e. The zero-order valence-corrected chi connectivity index (χ0v) is 12.4. The molecular weight excluding hydrogens is 304 g/mol. The molecule has 112 valence electrons. The Morgan fingerprint density at radius 1 is 1.18 bits per heavy atom. The zero-order valence-electron chi connectivity index (χ0n) is 11.6. The third-order valence-electron chi connectivity index (χ3n) is 3.74. The van der Waals surface area contributed by atoms with Crippen molar-refractivity contribution in [2.75, 3.05) is 23.6 Å². The van der Waals surface area contributed by atoms with Crippen LogP contribution in [-0.2, 0) is 11.3 Å². The molecule has 0 saturated carbocycles. The van der Waals surface area contributed by atoms with Gasteiger partial charge >= 0.3 is 0 Å². The van der Waals surface area contributed by atoms with Crippen LogP contribution < -0.4 is 19.7 Å². The van der Waals surface area contributed by atoms with Crippen molar-refractivity contribution in [2.45, 2.75) is 6.54 Å². The van der Waals surface area contributed by atoms with Gasteiger partial charge in [0, 0.05) is 17.2 Å². The molecule has 4 rings (SSSR count). The minimum Gasteiger partial charge on any atom is -0.454 e. The van der Waals surface area contributed by atoms with E-state index in [0.29, 0.717) is 23.1 Å². The molecule has 0 saturated heterocycles. The molecule has 0 atom stereocenters. The Balaban J connectivity index is 1.72. The van der Waals surface area contributed by atoms with Gasteiger partial charge in [0.2, 0.25) is 12.7 Å². The van der Waals surface area contributed by atoms with Crippen molar-refractivity contribution in [1.29, 1.82) is 0 Å². The quantitative estimate of drug-likeness (QED) is 0.925. The zero-order chi connectivity index (χ0) is 15.1. The molecule has 0 bridgehead atoms. The largest absolute Gasteiger partial charge is 0.454 e. The molecule has 6 heteroatoms. The fourth-order valence-electron chi connectivity index (χ4n) is 2.69. The van der Waals surface area contributed by atoms with Crippen LogP contribution in [0.4, 0.5) is 11.4 Å². The lowest BCUT2D eigenvalue weighted by Gasteiger charge is -2.30.